The summed E-state index contributed by atoms with van der Waals surface area (Å²) in [4.78, 5) is 21.9. The van der Waals surface area contributed by atoms with Crippen molar-refractivity contribution in [1.29, 1.82) is 0 Å². The highest BCUT2D eigenvalue weighted by Crippen LogP contribution is 2.31. The number of rotatable bonds is 3. The van der Waals surface area contributed by atoms with Gasteiger partial charge in [0.1, 0.15) is 30.5 Å². The lowest BCUT2D eigenvalue weighted by molar-refractivity contribution is 0.174. The largest absolute Gasteiger partial charge is 0.496 e. The van der Waals surface area contributed by atoms with Gasteiger partial charge in [-0.25, -0.2) is 4.98 Å². The van der Waals surface area contributed by atoms with Gasteiger partial charge in [0, 0.05) is 13.1 Å². The summed E-state index contributed by atoms with van der Waals surface area (Å²) in [6.45, 7) is 1.87. The van der Waals surface area contributed by atoms with Crippen LogP contribution in [-0.4, -0.2) is 54.1 Å². The number of aromatic nitrogens is 2. The standard InChI is InChI=1S/C16H18BN3O4/c1-23-10-3-2-9(17)14-12(10)13-15(24-14)16(22)19-11(18-13)7-20-5-4-8(21)6-20/h2-3,8,21H,4-7,17H2,1H3,(H,18,19,22)/t8-/m0/s1. The molecule has 0 amide bonds. The van der Waals surface area contributed by atoms with Gasteiger partial charge >= 0.3 is 0 Å². The van der Waals surface area contributed by atoms with E-state index in [-0.39, 0.29) is 17.2 Å². The Morgan fingerprint density at radius 3 is 3.04 bits per heavy atom. The number of nitrogens with zero attached hydrogens (tertiary/aromatic N) is 2. The lowest BCUT2D eigenvalue weighted by Crippen LogP contribution is -2.24. The molecule has 0 aliphatic carbocycles. The Morgan fingerprint density at radius 2 is 2.33 bits per heavy atom. The van der Waals surface area contributed by atoms with E-state index in [9.17, 15) is 9.90 Å². The van der Waals surface area contributed by atoms with Gasteiger partial charge in [-0.1, -0.05) is 6.07 Å². The predicted octanol–water partition coefficient (Wildman–Crippen LogP) is -0.497. The van der Waals surface area contributed by atoms with Crippen molar-refractivity contribution in [2.75, 3.05) is 20.2 Å². The quantitative estimate of drug-likeness (QED) is 0.631. The number of fused-ring (bicyclic) bond motifs is 3. The molecule has 1 fully saturated rings. The average Bonchev–Trinajstić information content (AvgIpc) is 3.13. The van der Waals surface area contributed by atoms with E-state index >= 15 is 0 Å². The third-order valence-corrected chi connectivity index (χ3v) is 4.52. The number of methoxy groups -OCH3 is 1. The van der Waals surface area contributed by atoms with Crippen LogP contribution in [0.3, 0.4) is 0 Å². The molecule has 4 rings (SSSR count). The zero-order valence-corrected chi connectivity index (χ0v) is 13.6. The first kappa shape index (κ1) is 15.2. The van der Waals surface area contributed by atoms with Gasteiger partial charge in [-0.05, 0) is 17.9 Å². The highest BCUT2D eigenvalue weighted by molar-refractivity contribution is 6.39. The summed E-state index contributed by atoms with van der Waals surface area (Å²) in [6, 6.07) is 3.75. The molecule has 1 atom stereocenters. The molecule has 7 nitrogen and oxygen atoms in total. The molecule has 8 heteroatoms. The molecule has 1 aromatic carbocycles. The maximum absolute atomic E-state index is 12.4. The van der Waals surface area contributed by atoms with Crippen molar-refractivity contribution < 1.29 is 14.3 Å². The van der Waals surface area contributed by atoms with Crippen LogP contribution >= 0.6 is 0 Å². The van der Waals surface area contributed by atoms with Crippen LogP contribution in [0.5, 0.6) is 5.75 Å². The SMILES string of the molecule is Bc1ccc(OC)c2c1oc1c(=O)[nH]c(CN3CC[C@H](O)C3)nc12. The highest BCUT2D eigenvalue weighted by Gasteiger charge is 2.23. The number of ether oxygens (including phenoxy) is 1. The number of aliphatic hydroxyl groups excluding tert-OH is 1. The molecule has 0 unspecified atom stereocenters. The first-order valence-electron chi connectivity index (χ1n) is 7.96. The van der Waals surface area contributed by atoms with Gasteiger partial charge in [0.05, 0.1) is 25.1 Å². The van der Waals surface area contributed by atoms with Crippen LogP contribution in [0.4, 0.5) is 0 Å². The number of hydrogen-bond acceptors (Lipinski definition) is 6. The summed E-state index contributed by atoms with van der Waals surface area (Å²) in [5, 5.41) is 10.4. The number of benzene rings is 1. The van der Waals surface area contributed by atoms with Crippen molar-refractivity contribution in [3.63, 3.8) is 0 Å². The molecular formula is C16H18BN3O4. The number of furan rings is 1. The summed E-state index contributed by atoms with van der Waals surface area (Å²) in [5.74, 6) is 1.20. The Kier molecular flexibility index (Phi) is 3.58. The van der Waals surface area contributed by atoms with E-state index in [1.807, 2.05) is 20.0 Å². The minimum atomic E-state index is -0.307. The predicted molar refractivity (Wildman–Crippen MR) is 92.8 cm³/mol. The van der Waals surface area contributed by atoms with Crippen LogP contribution in [0.15, 0.2) is 21.3 Å². The second-order valence-electron chi connectivity index (χ2n) is 6.26. The van der Waals surface area contributed by atoms with E-state index in [1.54, 1.807) is 7.11 Å². The molecule has 0 saturated carbocycles. The maximum atomic E-state index is 12.4. The Hall–Kier alpha value is -2.32. The van der Waals surface area contributed by atoms with Gasteiger partial charge < -0.3 is 19.2 Å². The zero-order valence-electron chi connectivity index (χ0n) is 13.6. The molecule has 124 valence electrons. The number of aliphatic hydroxyl groups is 1. The van der Waals surface area contributed by atoms with E-state index in [4.69, 9.17) is 9.15 Å². The summed E-state index contributed by atoms with van der Waals surface area (Å²) < 4.78 is 11.2. The molecule has 1 aliphatic heterocycles. The number of nitrogens with one attached hydrogen (secondary N) is 1. The molecule has 0 bridgehead atoms. The summed E-state index contributed by atoms with van der Waals surface area (Å²) in [6.07, 6.45) is 0.437. The molecule has 2 N–H and O–H groups in total. The third kappa shape index (κ3) is 2.38. The molecular weight excluding hydrogens is 309 g/mol. The Labute approximate surface area is 138 Å². The van der Waals surface area contributed by atoms with Gasteiger partial charge in [-0.3, -0.25) is 9.69 Å². The number of H-pyrrole nitrogens is 1. The molecule has 0 spiro atoms. The van der Waals surface area contributed by atoms with E-state index in [0.29, 0.717) is 35.8 Å². The molecule has 1 aliphatic rings. The van der Waals surface area contributed by atoms with E-state index in [0.717, 1.165) is 23.8 Å². The van der Waals surface area contributed by atoms with Crippen molar-refractivity contribution >= 4 is 35.4 Å². The number of likely N-dealkylation sites (tertiary alicyclic amines) is 1. The van der Waals surface area contributed by atoms with Crippen molar-refractivity contribution in [2.45, 2.75) is 19.1 Å². The molecule has 1 saturated heterocycles. The van der Waals surface area contributed by atoms with Gasteiger partial charge in [0.15, 0.2) is 0 Å². The highest BCUT2D eigenvalue weighted by atomic mass is 16.5. The van der Waals surface area contributed by atoms with Crippen LogP contribution < -0.4 is 15.8 Å². The molecule has 3 heterocycles. The van der Waals surface area contributed by atoms with Gasteiger partial charge in [-0.2, -0.15) is 0 Å². The third-order valence-electron chi connectivity index (χ3n) is 4.52. The molecule has 0 radical (unpaired) electrons. The monoisotopic (exact) mass is 327 g/mol. The zero-order chi connectivity index (χ0) is 16.8. The fourth-order valence-corrected chi connectivity index (χ4v) is 3.31. The van der Waals surface area contributed by atoms with Crippen molar-refractivity contribution in [3.05, 3.63) is 28.3 Å². The second kappa shape index (κ2) is 5.64. The van der Waals surface area contributed by atoms with Crippen molar-refractivity contribution in [3.8, 4) is 5.75 Å². The Balaban J connectivity index is 1.88. The van der Waals surface area contributed by atoms with Crippen molar-refractivity contribution in [2.24, 2.45) is 0 Å². The average molecular weight is 327 g/mol. The van der Waals surface area contributed by atoms with Gasteiger partial charge in [0.2, 0.25) is 5.58 Å². The smallest absolute Gasteiger partial charge is 0.294 e. The number of aromatic amines is 1. The van der Waals surface area contributed by atoms with Crippen LogP contribution in [0.1, 0.15) is 12.2 Å². The first-order valence-corrected chi connectivity index (χ1v) is 7.96. The number of hydrogen-bond donors (Lipinski definition) is 2. The molecule has 2 aromatic heterocycles. The van der Waals surface area contributed by atoms with Crippen LogP contribution in [0.2, 0.25) is 0 Å². The van der Waals surface area contributed by atoms with Crippen molar-refractivity contribution in [1.82, 2.24) is 14.9 Å². The first-order chi connectivity index (χ1) is 11.6. The Bertz CT molecular complexity index is 981. The minimum absolute atomic E-state index is 0.211. The molecule has 24 heavy (non-hydrogen) atoms. The topological polar surface area (TPSA) is 91.6 Å². The summed E-state index contributed by atoms with van der Waals surface area (Å²) in [5.41, 5.74) is 1.97. The fourth-order valence-electron chi connectivity index (χ4n) is 3.31. The lowest BCUT2D eigenvalue weighted by Gasteiger charge is -2.13. The molecule has 3 aromatic rings. The number of β-amino-alcohol motifs (C(OH)–C–C–N with tert-alkyl or cyclic N) is 1. The maximum Gasteiger partial charge on any atom is 0.294 e. The van der Waals surface area contributed by atoms with E-state index in [2.05, 4.69) is 14.9 Å². The van der Waals surface area contributed by atoms with Gasteiger partial charge in [-0.15, -0.1) is 0 Å². The van der Waals surface area contributed by atoms with Crippen LogP contribution in [0, 0.1) is 0 Å². The van der Waals surface area contributed by atoms with Crippen LogP contribution in [0.25, 0.3) is 22.1 Å². The van der Waals surface area contributed by atoms with E-state index in [1.165, 1.54) is 0 Å². The summed E-state index contributed by atoms with van der Waals surface area (Å²) >= 11 is 0. The Morgan fingerprint density at radius 1 is 1.50 bits per heavy atom. The fraction of sp³-hybridized carbons (Fsp3) is 0.375. The van der Waals surface area contributed by atoms with E-state index < -0.39 is 0 Å². The normalized spacial score (nSPS) is 18.7. The second-order valence-corrected chi connectivity index (χ2v) is 6.26. The van der Waals surface area contributed by atoms with Gasteiger partial charge in [0.25, 0.3) is 5.56 Å². The van der Waals surface area contributed by atoms with Crippen LogP contribution in [-0.2, 0) is 6.54 Å². The summed E-state index contributed by atoms with van der Waals surface area (Å²) in [7, 11) is 3.51. The lowest BCUT2D eigenvalue weighted by atomic mass is 9.94. The minimum Gasteiger partial charge on any atom is -0.496 e.